The van der Waals surface area contributed by atoms with Crippen molar-refractivity contribution in [1.82, 2.24) is 0 Å². The average Bonchev–Trinajstić information content (AvgIpc) is 2.56. The van der Waals surface area contributed by atoms with Gasteiger partial charge in [-0.3, -0.25) is 0 Å². The van der Waals surface area contributed by atoms with Gasteiger partial charge in [-0.15, -0.1) is 0 Å². The number of nitrogens with zero attached hydrogens (tertiary/aromatic N) is 1. The van der Waals surface area contributed by atoms with Crippen molar-refractivity contribution < 1.29 is 18.0 Å². The molecule has 0 atom stereocenters. The Bertz CT molecular complexity index is 448. The van der Waals surface area contributed by atoms with E-state index in [2.05, 4.69) is 5.16 Å². The Kier molecular flexibility index (Phi) is 2.71. The van der Waals surface area contributed by atoms with E-state index >= 15 is 0 Å². The average molecular weight is 256 g/mol. The molecule has 6 heteroatoms. The molecule has 94 valence electrons. The molecule has 1 aromatic carbocycles. The summed E-state index contributed by atoms with van der Waals surface area (Å²) < 4.78 is 25.2. The fraction of sp³-hybridized carbons (Fsp3) is 0.364. The van der Waals surface area contributed by atoms with Crippen LogP contribution < -0.4 is 4.90 Å². The third-order valence-corrected chi connectivity index (χ3v) is 5.20. The molecule has 2 rings (SSSR count). The van der Waals surface area contributed by atoms with Crippen molar-refractivity contribution in [3.05, 3.63) is 35.9 Å². The molecule has 1 N–H and O–H groups in total. The van der Waals surface area contributed by atoms with E-state index in [0.717, 1.165) is 10.5 Å². The van der Waals surface area contributed by atoms with Crippen LogP contribution in [-0.4, -0.2) is 34.3 Å². The van der Waals surface area contributed by atoms with Gasteiger partial charge in [0.1, 0.15) is 0 Å². The Hall–Kier alpha value is -1.40. The number of benzene rings is 1. The van der Waals surface area contributed by atoms with E-state index in [1.807, 2.05) is 44.4 Å². The van der Waals surface area contributed by atoms with Gasteiger partial charge < -0.3 is 0 Å². The minimum absolute atomic E-state index is 0.194. The zero-order valence-corrected chi connectivity index (χ0v) is 11.2. The molecule has 0 fully saturated rings. The molecule has 0 saturated heterocycles. The molecule has 1 aliphatic heterocycles. The van der Waals surface area contributed by atoms with Crippen LogP contribution in [0.1, 0.15) is 5.56 Å². The first-order valence-electron chi connectivity index (χ1n) is 5.58. The first kappa shape index (κ1) is 12.1. The van der Waals surface area contributed by atoms with Crippen molar-refractivity contribution in [2.45, 2.75) is 6.55 Å². The van der Waals surface area contributed by atoms with Crippen LogP contribution in [0.4, 0.5) is 4.11 Å². The number of rotatable bonds is 3. The van der Waals surface area contributed by atoms with Gasteiger partial charge in [-0.05, 0) is 0 Å². The maximum absolute atomic E-state index is 14.8. The van der Waals surface area contributed by atoms with Gasteiger partial charge in [0.15, 0.2) is 0 Å². The third kappa shape index (κ3) is 2.64. The molecule has 0 aromatic heterocycles. The van der Waals surface area contributed by atoms with E-state index in [-0.39, 0.29) is 12.1 Å². The number of oxime groups is 1. The molecule has 0 radical (unpaired) electrons. The number of halogens is 1. The number of hydrogen-bond acceptors (Lipinski definition) is 3. The summed E-state index contributed by atoms with van der Waals surface area (Å²) in [6, 6.07) is 9.21. The van der Waals surface area contributed by atoms with Crippen LogP contribution in [0.3, 0.4) is 0 Å². The van der Waals surface area contributed by atoms with Crippen LogP contribution in [0.15, 0.2) is 35.5 Å². The quantitative estimate of drug-likeness (QED) is 0.634. The summed E-state index contributed by atoms with van der Waals surface area (Å²) in [6.07, 6.45) is 0.194. The van der Waals surface area contributed by atoms with Gasteiger partial charge in [-0.2, -0.15) is 0 Å². The first-order valence-corrected chi connectivity index (χ1v) is 8.48. The first-order chi connectivity index (χ1) is 7.87. The van der Waals surface area contributed by atoms with Crippen LogP contribution in [0.25, 0.3) is 0 Å². The predicted molar refractivity (Wildman–Crippen MR) is 65.6 cm³/mol. The SMILES string of the molecule is C[NH+](C)C[Si-]1(C)(F)ON=C(c2ccccc2)O1. The fourth-order valence-electron chi connectivity index (χ4n) is 1.97. The number of quaternary nitrogens is 1. The van der Waals surface area contributed by atoms with Crippen molar-refractivity contribution >= 4 is 14.1 Å². The molecule has 0 aliphatic carbocycles. The van der Waals surface area contributed by atoms with Gasteiger partial charge in [-0.1, -0.05) is 0 Å². The molecule has 1 heterocycles. The maximum atomic E-state index is 14.8. The zero-order chi connectivity index (χ0) is 12.5. The number of hydrogen-bond donors (Lipinski definition) is 1. The zero-order valence-electron chi connectivity index (χ0n) is 10.2. The molecule has 0 spiro atoms. The standard InChI is InChI=1S/C11H16FN2O2Si/c1-14(2)9-17(3,12)15-11(13-16-17)10-7-5-4-6-8-10/h4-8H,9H2,1-3H3/q-1/p+1. The summed E-state index contributed by atoms with van der Waals surface area (Å²) in [6.45, 7) is 1.41. The Morgan fingerprint density at radius 2 is 1.94 bits per heavy atom. The van der Waals surface area contributed by atoms with Crippen LogP contribution in [0.5, 0.6) is 0 Å². The molecule has 4 nitrogen and oxygen atoms in total. The third-order valence-electron chi connectivity index (χ3n) is 2.47. The van der Waals surface area contributed by atoms with Crippen LogP contribution >= 0.6 is 0 Å². The van der Waals surface area contributed by atoms with Crippen molar-refractivity contribution in [2.75, 3.05) is 20.3 Å². The van der Waals surface area contributed by atoms with Gasteiger partial charge in [0.05, 0.1) is 0 Å². The van der Waals surface area contributed by atoms with Crippen molar-refractivity contribution in [3.8, 4) is 0 Å². The van der Waals surface area contributed by atoms with E-state index in [1.54, 1.807) is 0 Å². The predicted octanol–water partition coefficient (Wildman–Crippen LogP) is 0.571. The summed E-state index contributed by atoms with van der Waals surface area (Å²) in [7, 11) is -0.654. The second kappa shape index (κ2) is 3.81. The molecule has 0 amide bonds. The Balaban J connectivity index is 2.18. The summed E-state index contributed by atoms with van der Waals surface area (Å²) in [5.74, 6) is 0.241. The summed E-state index contributed by atoms with van der Waals surface area (Å²) in [5.41, 5.74) is 0.734. The fourth-order valence-corrected chi connectivity index (χ4v) is 4.64. The summed E-state index contributed by atoms with van der Waals surface area (Å²) in [4.78, 5) is 0.938. The molecule has 0 saturated carbocycles. The van der Waals surface area contributed by atoms with Gasteiger partial charge in [0, 0.05) is 0 Å². The van der Waals surface area contributed by atoms with Gasteiger partial charge >= 0.3 is 99.9 Å². The molecule has 0 bridgehead atoms. The van der Waals surface area contributed by atoms with E-state index in [9.17, 15) is 4.11 Å². The van der Waals surface area contributed by atoms with Crippen molar-refractivity contribution in [3.63, 3.8) is 0 Å². The Labute approximate surface area is 100 Å². The van der Waals surface area contributed by atoms with Crippen LogP contribution in [-0.2, 0) is 8.95 Å². The topological polar surface area (TPSA) is 35.3 Å². The molecule has 17 heavy (non-hydrogen) atoms. The van der Waals surface area contributed by atoms with E-state index < -0.39 is 8.17 Å². The van der Waals surface area contributed by atoms with Crippen LogP contribution in [0, 0.1) is 0 Å². The minimum atomic E-state index is -4.37. The monoisotopic (exact) mass is 256 g/mol. The summed E-state index contributed by atoms with van der Waals surface area (Å²) in [5, 5.41) is 3.76. The Morgan fingerprint density at radius 3 is 2.53 bits per heavy atom. The molecule has 1 aliphatic rings. The molecule has 1 aromatic rings. The number of nitrogens with one attached hydrogen (secondary N) is 1. The second-order valence-corrected chi connectivity index (χ2v) is 8.91. The second-order valence-electron chi connectivity index (χ2n) is 4.95. The molecular weight excluding hydrogens is 239 g/mol. The normalized spacial score (nSPS) is 23.1. The Morgan fingerprint density at radius 1 is 1.29 bits per heavy atom. The van der Waals surface area contributed by atoms with Gasteiger partial charge in [-0.25, -0.2) is 0 Å². The van der Waals surface area contributed by atoms with Crippen LogP contribution in [0.2, 0.25) is 6.55 Å². The molecular formula is C11H17FN2O2Si. The van der Waals surface area contributed by atoms with Gasteiger partial charge in [0.2, 0.25) is 0 Å². The van der Waals surface area contributed by atoms with E-state index in [4.69, 9.17) is 8.95 Å². The summed E-state index contributed by atoms with van der Waals surface area (Å²) >= 11 is 0. The van der Waals surface area contributed by atoms with E-state index in [1.165, 1.54) is 6.55 Å². The van der Waals surface area contributed by atoms with Crippen molar-refractivity contribution in [1.29, 1.82) is 0 Å². The van der Waals surface area contributed by atoms with Crippen molar-refractivity contribution in [2.24, 2.45) is 5.16 Å². The van der Waals surface area contributed by atoms with Gasteiger partial charge in [0.25, 0.3) is 0 Å². The van der Waals surface area contributed by atoms with E-state index in [0.29, 0.717) is 0 Å². The molecule has 0 unspecified atom stereocenters.